The van der Waals surface area contributed by atoms with Gasteiger partial charge in [-0.15, -0.1) is 0 Å². The zero-order valence-electron chi connectivity index (χ0n) is 7.34. The zero-order chi connectivity index (χ0) is 10.7. The van der Waals surface area contributed by atoms with E-state index in [1.54, 1.807) is 18.2 Å². The molecular weight excluding hydrogens is 223 g/mol. The fourth-order valence-corrected chi connectivity index (χ4v) is 1.43. The molecule has 0 saturated heterocycles. The van der Waals surface area contributed by atoms with E-state index in [2.05, 4.69) is 0 Å². The molecule has 5 heteroatoms. The number of rotatable bonds is 3. The normalized spacial score (nSPS) is 12.5. The van der Waals surface area contributed by atoms with Gasteiger partial charge in [0.15, 0.2) is 0 Å². The molecule has 0 aliphatic heterocycles. The topological polar surface area (TPSA) is 69.1 Å². The molecule has 14 heavy (non-hydrogen) atoms. The number of carbonyl (C=O) groups is 1. The Labute approximate surface area is 92.0 Å². The first-order chi connectivity index (χ1) is 6.50. The SMILES string of the molecule is NC(=O)C(N)Cc1cc(Cl)ccc1Cl. The lowest BCUT2D eigenvalue weighted by Crippen LogP contribution is -2.38. The zero-order valence-corrected chi connectivity index (χ0v) is 8.85. The third-order valence-electron chi connectivity index (χ3n) is 1.81. The quantitative estimate of drug-likeness (QED) is 0.827. The van der Waals surface area contributed by atoms with Crippen LogP contribution in [0.15, 0.2) is 18.2 Å². The number of halogens is 2. The number of hydrogen-bond donors (Lipinski definition) is 2. The highest BCUT2D eigenvalue weighted by Crippen LogP contribution is 2.21. The fourth-order valence-electron chi connectivity index (χ4n) is 1.04. The Morgan fingerprint density at radius 2 is 2.07 bits per heavy atom. The Bertz CT molecular complexity index is 355. The van der Waals surface area contributed by atoms with Crippen LogP contribution in [0, 0.1) is 0 Å². The van der Waals surface area contributed by atoms with E-state index < -0.39 is 11.9 Å². The van der Waals surface area contributed by atoms with Crippen LogP contribution in [0.5, 0.6) is 0 Å². The molecule has 4 N–H and O–H groups in total. The second kappa shape index (κ2) is 4.64. The molecule has 0 aromatic heterocycles. The van der Waals surface area contributed by atoms with Crippen LogP contribution in [0.1, 0.15) is 5.56 Å². The highest BCUT2D eigenvalue weighted by Gasteiger charge is 2.12. The first-order valence-electron chi connectivity index (χ1n) is 3.99. The first-order valence-corrected chi connectivity index (χ1v) is 4.75. The summed E-state index contributed by atoms with van der Waals surface area (Å²) in [7, 11) is 0. The maximum absolute atomic E-state index is 10.7. The maximum Gasteiger partial charge on any atom is 0.234 e. The van der Waals surface area contributed by atoms with Gasteiger partial charge < -0.3 is 11.5 Å². The summed E-state index contributed by atoms with van der Waals surface area (Å²) in [5, 5.41) is 1.09. The van der Waals surface area contributed by atoms with Crippen LogP contribution >= 0.6 is 23.2 Å². The highest BCUT2D eigenvalue weighted by molar-refractivity contribution is 6.33. The van der Waals surface area contributed by atoms with E-state index >= 15 is 0 Å². The molecule has 0 spiro atoms. The van der Waals surface area contributed by atoms with Crippen molar-refractivity contribution in [1.82, 2.24) is 0 Å². The van der Waals surface area contributed by atoms with Gasteiger partial charge in [-0.05, 0) is 30.2 Å². The summed E-state index contributed by atoms with van der Waals surface area (Å²) in [6.07, 6.45) is 0.300. The van der Waals surface area contributed by atoms with Gasteiger partial charge in [0.2, 0.25) is 5.91 Å². The van der Waals surface area contributed by atoms with Crippen molar-refractivity contribution >= 4 is 29.1 Å². The lowest BCUT2D eigenvalue weighted by Gasteiger charge is -2.09. The Balaban J connectivity index is 2.85. The van der Waals surface area contributed by atoms with Crippen molar-refractivity contribution in [2.45, 2.75) is 12.5 Å². The average molecular weight is 233 g/mol. The van der Waals surface area contributed by atoms with E-state index in [4.69, 9.17) is 34.7 Å². The summed E-state index contributed by atoms with van der Waals surface area (Å²) >= 11 is 11.6. The van der Waals surface area contributed by atoms with Crippen molar-refractivity contribution in [1.29, 1.82) is 0 Å². The lowest BCUT2D eigenvalue weighted by molar-refractivity contribution is -0.119. The summed E-state index contributed by atoms with van der Waals surface area (Å²) in [6.45, 7) is 0. The third-order valence-corrected chi connectivity index (χ3v) is 2.42. The van der Waals surface area contributed by atoms with Crippen molar-refractivity contribution in [3.63, 3.8) is 0 Å². The van der Waals surface area contributed by atoms with Crippen LogP contribution in [0.4, 0.5) is 0 Å². The number of amides is 1. The minimum atomic E-state index is -0.731. The Hall–Kier alpha value is -0.770. The van der Waals surface area contributed by atoms with Crippen molar-refractivity contribution in [3.05, 3.63) is 33.8 Å². The molecule has 0 fully saturated rings. The van der Waals surface area contributed by atoms with E-state index in [-0.39, 0.29) is 0 Å². The number of nitrogens with two attached hydrogens (primary N) is 2. The molecule has 1 aromatic rings. The average Bonchev–Trinajstić information content (AvgIpc) is 2.11. The molecule has 0 aliphatic rings. The van der Waals surface area contributed by atoms with E-state index in [0.717, 1.165) is 5.56 Å². The molecule has 0 heterocycles. The Morgan fingerprint density at radius 3 is 2.64 bits per heavy atom. The van der Waals surface area contributed by atoms with Crippen molar-refractivity contribution in [3.8, 4) is 0 Å². The third kappa shape index (κ3) is 2.87. The van der Waals surface area contributed by atoms with Crippen LogP contribution < -0.4 is 11.5 Å². The molecule has 76 valence electrons. The summed E-state index contributed by atoms with van der Waals surface area (Å²) in [5.74, 6) is -0.555. The predicted molar refractivity (Wildman–Crippen MR) is 57.3 cm³/mol. The van der Waals surface area contributed by atoms with Gasteiger partial charge in [-0.25, -0.2) is 0 Å². The highest BCUT2D eigenvalue weighted by atomic mass is 35.5. The van der Waals surface area contributed by atoms with E-state index in [9.17, 15) is 4.79 Å². The van der Waals surface area contributed by atoms with Crippen molar-refractivity contribution < 1.29 is 4.79 Å². The molecule has 0 saturated carbocycles. The number of primary amides is 1. The monoisotopic (exact) mass is 232 g/mol. The van der Waals surface area contributed by atoms with Crippen molar-refractivity contribution in [2.24, 2.45) is 11.5 Å². The van der Waals surface area contributed by atoms with Crippen LogP contribution in [0.25, 0.3) is 0 Å². The smallest absolute Gasteiger partial charge is 0.234 e. The second-order valence-electron chi connectivity index (χ2n) is 2.95. The number of benzene rings is 1. The van der Waals surface area contributed by atoms with Crippen molar-refractivity contribution in [2.75, 3.05) is 0 Å². The Kier molecular flexibility index (Phi) is 3.75. The van der Waals surface area contributed by atoms with Gasteiger partial charge in [0.05, 0.1) is 6.04 Å². The van der Waals surface area contributed by atoms with E-state index in [1.165, 1.54) is 0 Å². The molecule has 1 unspecified atom stereocenters. The molecule has 1 atom stereocenters. The Morgan fingerprint density at radius 1 is 1.43 bits per heavy atom. The second-order valence-corrected chi connectivity index (χ2v) is 3.79. The lowest BCUT2D eigenvalue weighted by atomic mass is 10.1. The van der Waals surface area contributed by atoms with Crippen LogP contribution in [0.3, 0.4) is 0 Å². The van der Waals surface area contributed by atoms with Gasteiger partial charge in [-0.3, -0.25) is 4.79 Å². The molecule has 0 aliphatic carbocycles. The molecule has 1 aromatic carbocycles. The minimum absolute atomic E-state index is 0.300. The molecule has 1 rings (SSSR count). The predicted octanol–water partition coefficient (Wildman–Crippen LogP) is 1.35. The van der Waals surface area contributed by atoms with Gasteiger partial charge in [-0.1, -0.05) is 23.2 Å². The van der Waals surface area contributed by atoms with Gasteiger partial charge in [0.1, 0.15) is 0 Å². The first kappa shape index (κ1) is 11.3. The summed E-state index contributed by atoms with van der Waals surface area (Å²) in [5.41, 5.74) is 11.3. The fraction of sp³-hybridized carbons (Fsp3) is 0.222. The van der Waals surface area contributed by atoms with E-state index in [0.29, 0.717) is 16.5 Å². The molecule has 0 bridgehead atoms. The van der Waals surface area contributed by atoms with Gasteiger partial charge >= 0.3 is 0 Å². The summed E-state index contributed by atoms with van der Waals surface area (Å²) < 4.78 is 0. The standard InChI is InChI=1S/C9H10Cl2N2O/c10-6-1-2-7(11)5(3-6)4-8(12)9(13)14/h1-3,8H,4,12H2,(H2,13,14). The maximum atomic E-state index is 10.7. The van der Waals surface area contributed by atoms with Crippen LogP contribution in [-0.4, -0.2) is 11.9 Å². The molecule has 3 nitrogen and oxygen atoms in total. The molecular formula is C9H10Cl2N2O. The largest absolute Gasteiger partial charge is 0.368 e. The molecule has 0 radical (unpaired) electrons. The number of hydrogen-bond acceptors (Lipinski definition) is 2. The van der Waals surface area contributed by atoms with Gasteiger partial charge in [-0.2, -0.15) is 0 Å². The van der Waals surface area contributed by atoms with Gasteiger partial charge in [0.25, 0.3) is 0 Å². The minimum Gasteiger partial charge on any atom is -0.368 e. The van der Waals surface area contributed by atoms with E-state index in [1.807, 2.05) is 0 Å². The van der Waals surface area contributed by atoms with Crippen LogP contribution in [0.2, 0.25) is 10.0 Å². The number of carbonyl (C=O) groups excluding carboxylic acids is 1. The van der Waals surface area contributed by atoms with Gasteiger partial charge in [0, 0.05) is 10.0 Å². The molecule has 1 amide bonds. The summed E-state index contributed by atoms with van der Waals surface area (Å²) in [4.78, 5) is 10.7. The van der Waals surface area contributed by atoms with Crippen LogP contribution in [-0.2, 0) is 11.2 Å². The summed E-state index contributed by atoms with van der Waals surface area (Å²) in [6, 6.07) is 4.27.